The molecule has 0 aliphatic rings. The predicted molar refractivity (Wildman–Crippen MR) is 76.8 cm³/mol. The van der Waals surface area contributed by atoms with Gasteiger partial charge in [-0.3, -0.25) is 4.90 Å². The van der Waals surface area contributed by atoms with Crippen molar-refractivity contribution < 1.29 is 14.9 Å². The minimum Gasteiger partial charge on any atom is -0.496 e. The van der Waals surface area contributed by atoms with Gasteiger partial charge in [-0.15, -0.1) is 0 Å². The normalized spacial score (nSPS) is 11.4. The van der Waals surface area contributed by atoms with Gasteiger partial charge >= 0.3 is 0 Å². The third-order valence-electron chi connectivity index (χ3n) is 3.68. The lowest BCUT2D eigenvalue weighted by atomic mass is 10.0. The van der Waals surface area contributed by atoms with E-state index in [4.69, 9.17) is 14.9 Å². The van der Waals surface area contributed by atoms with Crippen LogP contribution >= 0.6 is 0 Å². The summed E-state index contributed by atoms with van der Waals surface area (Å²) in [5, 5.41) is 18.3. The zero-order valence-corrected chi connectivity index (χ0v) is 12.3. The Bertz CT molecular complexity index is 403. The predicted octanol–water partition coefficient (Wildman–Crippen LogP) is 1.14. The summed E-state index contributed by atoms with van der Waals surface area (Å²) in [6, 6.07) is 4.01. The Hall–Kier alpha value is -1.10. The summed E-state index contributed by atoms with van der Waals surface area (Å²) < 4.78 is 5.41. The lowest BCUT2D eigenvalue weighted by Gasteiger charge is -2.25. The molecule has 0 amide bonds. The van der Waals surface area contributed by atoms with Gasteiger partial charge in [0.25, 0.3) is 0 Å². The van der Waals surface area contributed by atoms with E-state index in [1.807, 2.05) is 11.9 Å². The highest BCUT2D eigenvalue weighted by atomic mass is 16.5. The average Bonchev–Trinajstić information content (AvgIpc) is 2.41. The van der Waals surface area contributed by atoms with Crippen LogP contribution in [0.2, 0.25) is 0 Å². The van der Waals surface area contributed by atoms with Crippen LogP contribution in [0.4, 0.5) is 0 Å². The average molecular weight is 267 g/mol. The van der Waals surface area contributed by atoms with Gasteiger partial charge in [-0.2, -0.15) is 0 Å². The highest BCUT2D eigenvalue weighted by Gasteiger charge is 2.13. The molecule has 0 spiro atoms. The molecule has 4 heteroatoms. The van der Waals surface area contributed by atoms with E-state index in [-0.39, 0.29) is 19.3 Å². The molecule has 0 bridgehead atoms. The van der Waals surface area contributed by atoms with Crippen LogP contribution in [-0.2, 0) is 6.42 Å². The van der Waals surface area contributed by atoms with Gasteiger partial charge in [-0.25, -0.2) is 0 Å². The number of aliphatic hydroxyl groups is 2. The van der Waals surface area contributed by atoms with Crippen LogP contribution in [0.5, 0.6) is 5.75 Å². The molecule has 0 aromatic heterocycles. The number of rotatable bonds is 7. The highest BCUT2D eigenvalue weighted by molar-refractivity contribution is 5.41. The molecule has 108 valence electrons. The lowest BCUT2D eigenvalue weighted by Crippen LogP contribution is -2.38. The lowest BCUT2D eigenvalue weighted by molar-refractivity contribution is 0.0924. The summed E-state index contributed by atoms with van der Waals surface area (Å²) in [6.07, 6.45) is 0.831. The minimum absolute atomic E-state index is 0.0307. The smallest absolute Gasteiger partial charge is 0.122 e. The molecule has 0 fully saturated rings. The first-order valence-corrected chi connectivity index (χ1v) is 6.59. The molecule has 0 unspecified atom stereocenters. The van der Waals surface area contributed by atoms with Crippen LogP contribution in [0.1, 0.15) is 16.7 Å². The van der Waals surface area contributed by atoms with Crippen molar-refractivity contribution in [3.8, 4) is 5.75 Å². The zero-order valence-electron chi connectivity index (χ0n) is 12.3. The van der Waals surface area contributed by atoms with E-state index in [0.717, 1.165) is 24.3 Å². The van der Waals surface area contributed by atoms with Gasteiger partial charge in [0.2, 0.25) is 0 Å². The van der Waals surface area contributed by atoms with Crippen molar-refractivity contribution in [2.75, 3.05) is 33.9 Å². The third kappa shape index (κ3) is 4.20. The van der Waals surface area contributed by atoms with Crippen LogP contribution in [0.3, 0.4) is 0 Å². The number of likely N-dealkylation sites (N-methyl/N-ethyl adjacent to an activating group) is 1. The standard InChI is InChI=1S/C15H25NO3/c1-11-7-13(15(19-4)8-12(11)2)5-6-16(3)14(9-17)10-18/h7-8,14,17-18H,5-6,9-10H2,1-4H3. The van der Waals surface area contributed by atoms with Crippen molar-refractivity contribution >= 4 is 0 Å². The van der Waals surface area contributed by atoms with E-state index in [9.17, 15) is 0 Å². The first kappa shape index (κ1) is 16.0. The topological polar surface area (TPSA) is 52.9 Å². The Morgan fingerprint density at radius 1 is 1.16 bits per heavy atom. The zero-order chi connectivity index (χ0) is 14.4. The molecule has 0 saturated heterocycles. The summed E-state index contributed by atoms with van der Waals surface area (Å²) in [7, 11) is 3.59. The fourth-order valence-corrected chi connectivity index (χ4v) is 2.05. The Morgan fingerprint density at radius 3 is 2.26 bits per heavy atom. The minimum atomic E-state index is -0.197. The van der Waals surface area contributed by atoms with Crippen molar-refractivity contribution in [1.29, 1.82) is 0 Å². The molecule has 0 aliphatic carbocycles. The fourth-order valence-electron chi connectivity index (χ4n) is 2.05. The number of aryl methyl sites for hydroxylation is 2. The molecule has 0 radical (unpaired) electrons. The van der Waals surface area contributed by atoms with Crippen LogP contribution in [0, 0.1) is 13.8 Å². The van der Waals surface area contributed by atoms with E-state index in [1.165, 1.54) is 11.1 Å². The van der Waals surface area contributed by atoms with Crippen LogP contribution in [-0.4, -0.2) is 55.1 Å². The summed E-state index contributed by atoms with van der Waals surface area (Å²) in [5.74, 6) is 0.904. The molecule has 2 N–H and O–H groups in total. The molecule has 0 aliphatic heterocycles. The Labute approximate surface area is 115 Å². The maximum Gasteiger partial charge on any atom is 0.122 e. The fraction of sp³-hybridized carbons (Fsp3) is 0.600. The van der Waals surface area contributed by atoms with Crippen molar-refractivity contribution in [3.05, 3.63) is 28.8 Å². The number of benzene rings is 1. The van der Waals surface area contributed by atoms with E-state index in [1.54, 1.807) is 7.11 Å². The molecule has 0 saturated carbocycles. The van der Waals surface area contributed by atoms with Gasteiger partial charge in [-0.05, 0) is 50.1 Å². The largest absolute Gasteiger partial charge is 0.496 e. The maximum absolute atomic E-state index is 9.15. The van der Waals surface area contributed by atoms with E-state index in [2.05, 4.69) is 26.0 Å². The van der Waals surface area contributed by atoms with Crippen LogP contribution < -0.4 is 4.74 Å². The number of nitrogens with zero attached hydrogens (tertiary/aromatic N) is 1. The van der Waals surface area contributed by atoms with Crippen molar-refractivity contribution in [3.63, 3.8) is 0 Å². The molecule has 19 heavy (non-hydrogen) atoms. The summed E-state index contributed by atoms with van der Waals surface area (Å²) >= 11 is 0. The second kappa shape index (κ2) is 7.48. The second-order valence-electron chi connectivity index (χ2n) is 5.00. The Kier molecular flexibility index (Phi) is 6.28. The van der Waals surface area contributed by atoms with Gasteiger partial charge in [-0.1, -0.05) is 6.07 Å². The number of ether oxygens (including phenoxy) is 1. The highest BCUT2D eigenvalue weighted by Crippen LogP contribution is 2.23. The Balaban J connectivity index is 2.74. The van der Waals surface area contributed by atoms with E-state index in [0.29, 0.717) is 0 Å². The Morgan fingerprint density at radius 2 is 1.74 bits per heavy atom. The van der Waals surface area contributed by atoms with Gasteiger partial charge < -0.3 is 14.9 Å². The first-order chi connectivity index (χ1) is 9.03. The van der Waals surface area contributed by atoms with Gasteiger partial charge in [0.15, 0.2) is 0 Å². The molecule has 1 aromatic carbocycles. The van der Waals surface area contributed by atoms with E-state index >= 15 is 0 Å². The molecule has 1 rings (SSSR count). The van der Waals surface area contributed by atoms with Gasteiger partial charge in [0.1, 0.15) is 5.75 Å². The third-order valence-corrected chi connectivity index (χ3v) is 3.68. The van der Waals surface area contributed by atoms with Crippen LogP contribution in [0.15, 0.2) is 12.1 Å². The van der Waals surface area contributed by atoms with Crippen molar-refractivity contribution in [2.24, 2.45) is 0 Å². The van der Waals surface area contributed by atoms with Gasteiger partial charge in [0.05, 0.1) is 26.4 Å². The molecule has 1 aromatic rings. The summed E-state index contributed by atoms with van der Waals surface area (Å²) in [6.45, 7) is 4.87. The quantitative estimate of drug-likeness (QED) is 0.778. The number of methoxy groups -OCH3 is 1. The number of hydrogen-bond donors (Lipinski definition) is 2. The van der Waals surface area contributed by atoms with E-state index < -0.39 is 0 Å². The summed E-state index contributed by atoms with van der Waals surface area (Å²) in [5.41, 5.74) is 3.63. The molecule has 0 heterocycles. The molecular weight excluding hydrogens is 242 g/mol. The monoisotopic (exact) mass is 267 g/mol. The number of hydrogen-bond acceptors (Lipinski definition) is 4. The second-order valence-corrected chi connectivity index (χ2v) is 5.00. The number of aliphatic hydroxyl groups excluding tert-OH is 2. The van der Waals surface area contributed by atoms with Crippen molar-refractivity contribution in [1.82, 2.24) is 4.90 Å². The van der Waals surface area contributed by atoms with Crippen LogP contribution in [0.25, 0.3) is 0 Å². The summed E-state index contributed by atoms with van der Waals surface area (Å²) in [4.78, 5) is 1.97. The molecule has 0 atom stereocenters. The SMILES string of the molecule is COc1cc(C)c(C)cc1CCN(C)C(CO)CO. The molecular formula is C15H25NO3. The first-order valence-electron chi connectivity index (χ1n) is 6.59. The molecule has 4 nitrogen and oxygen atoms in total. The van der Waals surface area contributed by atoms with Gasteiger partial charge in [0, 0.05) is 6.54 Å². The maximum atomic E-state index is 9.15. The van der Waals surface area contributed by atoms with Crippen molar-refractivity contribution in [2.45, 2.75) is 26.3 Å².